The topological polar surface area (TPSA) is 41.1 Å². The molecule has 0 bridgehead atoms. The maximum absolute atomic E-state index is 11.8. The predicted molar refractivity (Wildman–Crippen MR) is 67.3 cm³/mol. The number of rotatable bonds is 5. The van der Waals surface area contributed by atoms with Crippen molar-refractivity contribution in [3.63, 3.8) is 0 Å². The summed E-state index contributed by atoms with van der Waals surface area (Å²) < 4.78 is 0. The van der Waals surface area contributed by atoms with E-state index < -0.39 is 0 Å². The number of hydrogen-bond donors (Lipinski definition) is 2. The molecule has 0 spiro atoms. The molecular weight excluding hydrogens is 200 g/mol. The lowest BCUT2D eigenvalue weighted by molar-refractivity contribution is -0.122. The number of nitrogens with one attached hydrogen (secondary N) is 2. The van der Waals surface area contributed by atoms with Gasteiger partial charge in [0, 0.05) is 18.5 Å². The van der Waals surface area contributed by atoms with Gasteiger partial charge in [-0.15, -0.1) is 0 Å². The first kappa shape index (κ1) is 13.5. The fourth-order valence-corrected chi connectivity index (χ4v) is 2.55. The zero-order valence-electron chi connectivity index (χ0n) is 10.9. The van der Waals surface area contributed by atoms with Gasteiger partial charge in [-0.25, -0.2) is 0 Å². The molecule has 2 N–H and O–H groups in total. The van der Waals surface area contributed by atoms with E-state index in [1.807, 2.05) is 0 Å². The molecule has 3 atom stereocenters. The maximum atomic E-state index is 11.8. The van der Waals surface area contributed by atoms with E-state index in [9.17, 15) is 4.79 Å². The van der Waals surface area contributed by atoms with Crippen LogP contribution in [-0.2, 0) is 4.79 Å². The first-order valence-corrected chi connectivity index (χ1v) is 6.64. The van der Waals surface area contributed by atoms with Crippen molar-refractivity contribution in [1.29, 1.82) is 0 Å². The van der Waals surface area contributed by atoms with Crippen LogP contribution < -0.4 is 10.6 Å². The average molecular weight is 226 g/mol. The molecule has 94 valence electrons. The molecule has 1 saturated carbocycles. The van der Waals surface area contributed by atoms with Crippen molar-refractivity contribution in [3.05, 3.63) is 0 Å². The third-order valence-electron chi connectivity index (χ3n) is 3.35. The van der Waals surface area contributed by atoms with Crippen molar-refractivity contribution < 1.29 is 4.79 Å². The Morgan fingerprint density at radius 1 is 1.44 bits per heavy atom. The highest BCUT2D eigenvalue weighted by atomic mass is 16.1. The summed E-state index contributed by atoms with van der Waals surface area (Å²) in [6.07, 6.45) is 5.49. The van der Waals surface area contributed by atoms with E-state index in [1.165, 1.54) is 12.8 Å². The average Bonchev–Trinajstić information content (AvgIpc) is 2.17. The first-order chi connectivity index (χ1) is 7.61. The standard InChI is InChI=1S/C13H26N2O/c1-4-14-11(3)9-13(16)15-12-7-5-6-10(2)8-12/h10-12,14H,4-9H2,1-3H3,(H,15,16). The second kappa shape index (κ2) is 6.89. The molecule has 3 heteroatoms. The van der Waals surface area contributed by atoms with Crippen LogP contribution in [0, 0.1) is 5.92 Å². The third-order valence-corrected chi connectivity index (χ3v) is 3.35. The molecule has 0 aliphatic heterocycles. The van der Waals surface area contributed by atoms with Crippen LogP contribution in [0.5, 0.6) is 0 Å². The predicted octanol–water partition coefficient (Wildman–Crippen LogP) is 2.07. The lowest BCUT2D eigenvalue weighted by Gasteiger charge is -2.27. The molecule has 0 saturated heterocycles. The van der Waals surface area contributed by atoms with E-state index >= 15 is 0 Å². The minimum absolute atomic E-state index is 0.201. The molecule has 0 heterocycles. The Hall–Kier alpha value is -0.570. The summed E-state index contributed by atoms with van der Waals surface area (Å²) in [6.45, 7) is 7.33. The van der Waals surface area contributed by atoms with Crippen molar-refractivity contribution in [2.24, 2.45) is 5.92 Å². The van der Waals surface area contributed by atoms with Crippen molar-refractivity contribution in [3.8, 4) is 0 Å². The fourth-order valence-electron chi connectivity index (χ4n) is 2.55. The zero-order valence-corrected chi connectivity index (χ0v) is 10.9. The molecule has 1 amide bonds. The monoisotopic (exact) mass is 226 g/mol. The zero-order chi connectivity index (χ0) is 12.0. The van der Waals surface area contributed by atoms with Crippen LogP contribution in [0.4, 0.5) is 0 Å². The summed E-state index contributed by atoms with van der Waals surface area (Å²) in [5.74, 6) is 0.970. The van der Waals surface area contributed by atoms with Crippen molar-refractivity contribution in [2.45, 2.75) is 65.0 Å². The Morgan fingerprint density at radius 3 is 2.81 bits per heavy atom. The Balaban J connectivity index is 2.22. The molecule has 0 aromatic rings. The van der Waals surface area contributed by atoms with Gasteiger partial charge in [0.2, 0.25) is 5.91 Å². The van der Waals surface area contributed by atoms with Gasteiger partial charge >= 0.3 is 0 Å². The summed E-state index contributed by atoms with van der Waals surface area (Å²) in [6, 6.07) is 0.705. The summed E-state index contributed by atoms with van der Waals surface area (Å²) in [4.78, 5) is 11.8. The van der Waals surface area contributed by atoms with E-state index in [4.69, 9.17) is 0 Å². The van der Waals surface area contributed by atoms with Gasteiger partial charge in [0.25, 0.3) is 0 Å². The molecule has 0 aromatic carbocycles. The second-order valence-electron chi connectivity index (χ2n) is 5.20. The van der Waals surface area contributed by atoms with E-state index in [2.05, 4.69) is 31.4 Å². The van der Waals surface area contributed by atoms with Crippen molar-refractivity contribution in [2.75, 3.05) is 6.54 Å². The van der Waals surface area contributed by atoms with Crippen LogP contribution in [0.2, 0.25) is 0 Å². The normalized spacial score (nSPS) is 27.4. The lowest BCUT2D eigenvalue weighted by Crippen LogP contribution is -2.41. The largest absolute Gasteiger partial charge is 0.353 e. The van der Waals surface area contributed by atoms with Crippen LogP contribution in [0.1, 0.15) is 52.9 Å². The third kappa shape index (κ3) is 4.97. The van der Waals surface area contributed by atoms with Crippen molar-refractivity contribution in [1.82, 2.24) is 10.6 Å². The SMILES string of the molecule is CCNC(C)CC(=O)NC1CCCC(C)C1. The summed E-state index contributed by atoms with van der Waals surface area (Å²) in [5, 5.41) is 6.42. The molecule has 3 nitrogen and oxygen atoms in total. The molecule has 0 radical (unpaired) electrons. The highest BCUT2D eigenvalue weighted by Crippen LogP contribution is 2.23. The van der Waals surface area contributed by atoms with Gasteiger partial charge in [0.1, 0.15) is 0 Å². The summed E-state index contributed by atoms with van der Waals surface area (Å²) in [7, 11) is 0. The molecule has 16 heavy (non-hydrogen) atoms. The van der Waals surface area contributed by atoms with Gasteiger partial charge in [0.15, 0.2) is 0 Å². The van der Waals surface area contributed by atoms with E-state index in [0.717, 1.165) is 25.3 Å². The Bertz CT molecular complexity index is 218. The number of amides is 1. The van der Waals surface area contributed by atoms with Crippen LogP contribution >= 0.6 is 0 Å². The Morgan fingerprint density at radius 2 is 2.19 bits per heavy atom. The van der Waals surface area contributed by atoms with Crippen molar-refractivity contribution >= 4 is 5.91 Å². The quantitative estimate of drug-likeness (QED) is 0.753. The molecule has 3 unspecified atom stereocenters. The van der Waals surface area contributed by atoms with Crippen LogP contribution in [0.25, 0.3) is 0 Å². The van der Waals surface area contributed by atoms with Gasteiger partial charge in [-0.05, 0) is 32.2 Å². The molecule has 1 aliphatic carbocycles. The maximum Gasteiger partial charge on any atom is 0.221 e. The van der Waals surface area contributed by atoms with Gasteiger partial charge in [-0.1, -0.05) is 26.7 Å². The number of hydrogen-bond acceptors (Lipinski definition) is 2. The molecule has 1 rings (SSSR count). The number of carbonyl (C=O) groups is 1. The Labute approximate surface area is 99.4 Å². The molecule has 0 aromatic heterocycles. The highest BCUT2D eigenvalue weighted by molar-refractivity contribution is 5.76. The van der Waals surface area contributed by atoms with Gasteiger partial charge in [0.05, 0.1) is 0 Å². The highest BCUT2D eigenvalue weighted by Gasteiger charge is 2.20. The molecular formula is C13H26N2O. The first-order valence-electron chi connectivity index (χ1n) is 6.64. The van der Waals surface area contributed by atoms with E-state index in [0.29, 0.717) is 12.5 Å². The van der Waals surface area contributed by atoms with E-state index in [-0.39, 0.29) is 11.9 Å². The van der Waals surface area contributed by atoms with Crippen LogP contribution in [0.3, 0.4) is 0 Å². The van der Waals surface area contributed by atoms with Gasteiger partial charge in [-0.3, -0.25) is 4.79 Å². The van der Waals surface area contributed by atoms with E-state index in [1.54, 1.807) is 0 Å². The Kier molecular flexibility index (Phi) is 5.81. The smallest absolute Gasteiger partial charge is 0.221 e. The second-order valence-corrected chi connectivity index (χ2v) is 5.20. The van der Waals surface area contributed by atoms with Gasteiger partial charge in [-0.2, -0.15) is 0 Å². The van der Waals surface area contributed by atoms with Crippen LogP contribution in [0.15, 0.2) is 0 Å². The number of carbonyl (C=O) groups excluding carboxylic acids is 1. The lowest BCUT2D eigenvalue weighted by atomic mass is 9.87. The minimum atomic E-state index is 0.201. The van der Waals surface area contributed by atoms with Crippen LogP contribution in [-0.4, -0.2) is 24.5 Å². The summed E-state index contributed by atoms with van der Waals surface area (Å²) >= 11 is 0. The molecule has 1 fully saturated rings. The van der Waals surface area contributed by atoms with Gasteiger partial charge < -0.3 is 10.6 Å². The summed E-state index contributed by atoms with van der Waals surface area (Å²) in [5.41, 5.74) is 0. The minimum Gasteiger partial charge on any atom is -0.353 e. The molecule has 1 aliphatic rings. The fraction of sp³-hybridized carbons (Fsp3) is 0.923.